The zero-order valence-corrected chi connectivity index (χ0v) is 16.9. The van der Waals surface area contributed by atoms with Crippen molar-refractivity contribution in [3.63, 3.8) is 0 Å². The number of benzene rings is 2. The second kappa shape index (κ2) is 10.1. The smallest absolute Gasteiger partial charge is 0.234 e. The summed E-state index contributed by atoms with van der Waals surface area (Å²) in [6, 6.07) is 17.9. The van der Waals surface area contributed by atoms with Crippen molar-refractivity contribution in [3.05, 3.63) is 67.3 Å². The van der Waals surface area contributed by atoms with Gasteiger partial charge in [0.05, 0.1) is 11.4 Å². The second-order valence-electron chi connectivity index (χ2n) is 5.29. The Kier molecular flexibility index (Phi) is 7.32. The molecule has 138 valence electrons. The molecule has 0 aliphatic rings. The molecule has 5 nitrogen and oxygen atoms in total. The highest BCUT2D eigenvalue weighted by Crippen LogP contribution is 2.33. The van der Waals surface area contributed by atoms with Crippen LogP contribution in [0.15, 0.2) is 81.4 Å². The summed E-state index contributed by atoms with van der Waals surface area (Å²) in [7, 11) is 0. The van der Waals surface area contributed by atoms with Gasteiger partial charge in [0.15, 0.2) is 4.34 Å². The molecule has 2 aromatic carbocycles. The summed E-state index contributed by atoms with van der Waals surface area (Å²) in [5, 5.41) is 14.9. The van der Waals surface area contributed by atoms with Crippen LogP contribution in [0.1, 0.15) is 0 Å². The van der Waals surface area contributed by atoms with Gasteiger partial charge < -0.3 is 10.6 Å². The molecule has 2 N–H and O–H groups in total. The fraction of sp³-hybridized carbons (Fsp3) is 0.105. The largest absolute Gasteiger partial charge is 0.357 e. The second-order valence-corrected chi connectivity index (χ2v) is 8.61. The Morgan fingerprint density at radius 3 is 2.70 bits per heavy atom. The summed E-state index contributed by atoms with van der Waals surface area (Å²) in [4.78, 5) is 14.5. The van der Waals surface area contributed by atoms with Gasteiger partial charge in [-0.1, -0.05) is 71.3 Å². The van der Waals surface area contributed by atoms with Crippen molar-refractivity contribution < 1.29 is 4.79 Å². The van der Waals surface area contributed by atoms with E-state index in [0.29, 0.717) is 6.54 Å². The molecule has 0 bridgehead atoms. The van der Waals surface area contributed by atoms with Crippen molar-refractivity contribution in [3.8, 4) is 0 Å². The third-order valence-electron chi connectivity index (χ3n) is 3.26. The van der Waals surface area contributed by atoms with Crippen LogP contribution in [0.2, 0.25) is 0 Å². The predicted molar refractivity (Wildman–Crippen MR) is 115 cm³/mol. The zero-order valence-electron chi connectivity index (χ0n) is 14.4. The number of carbonyl (C=O) groups excluding carboxylic acids is 1. The first-order chi connectivity index (χ1) is 13.2. The lowest BCUT2D eigenvalue weighted by Crippen LogP contribution is -2.14. The third kappa shape index (κ3) is 6.13. The molecular formula is C19H18N4OS3. The molecule has 27 heavy (non-hydrogen) atoms. The van der Waals surface area contributed by atoms with Crippen LogP contribution in [0.4, 0.5) is 10.8 Å². The number of anilines is 2. The highest BCUT2D eigenvalue weighted by Gasteiger charge is 2.10. The Labute approximate surface area is 170 Å². The monoisotopic (exact) mass is 414 g/mol. The van der Waals surface area contributed by atoms with Crippen molar-refractivity contribution in [1.82, 2.24) is 10.2 Å². The molecule has 1 aromatic heterocycles. The van der Waals surface area contributed by atoms with Crippen LogP contribution in [-0.4, -0.2) is 28.4 Å². The SMILES string of the molecule is C=CCNc1nnc(SCC(=O)Nc2ccccc2Sc2ccccc2)s1. The van der Waals surface area contributed by atoms with Crippen molar-refractivity contribution in [2.75, 3.05) is 22.9 Å². The van der Waals surface area contributed by atoms with Crippen molar-refractivity contribution in [2.45, 2.75) is 14.1 Å². The van der Waals surface area contributed by atoms with E-state index in [1.165, 1.54) is 23.1 Å². The van der Waals surface area contributed by atoms with Crippen molar-refractivity contribution in [2.24, 2.45) is 0 Å². The first-order valence-electron chi connectivity index (χ1n) is 8.17. The lowest BCUT2D eigenvalue weighted by Gasteiger charge is -2.10. The van der Waals surface area contributed by atoms with E-state index in [1.807, 2.05) is 54.6 Å². The maximum absolute atomic E-state index is 12.4. The summed E-state index contributed by atoms with van der Waals surface area (Å²) in [6.45, 7) is 4.28. The quantitative estimate of drug-likeness (QED) is 0.379. The number of nitrogens with one attached hydrogen (secondary N) is 2. The number of hydrogen-bond donors (Lipinski definition) is 2. The highest BCUT2D eigenvalue weighted by atomic mass is 32.2. The highest BCUT2D eigenvalue weighted by molar-refractivity contribution is 8.01. The molecule has 1 amide bonds. The first kappa shape index (κ1) is 19.5. The fourth-order valence-corrected chi connectivity index (χ4v) is 4.57. The van der Waals surface area contributed by atoms with Crippen LogP contribution in [0.5, 0.6) is 0 Å². The molecule has 0 atom stereocenters. The summed E-state index contributed by atoms with van der Waals surface area (Å²) in [5.74, 6) is 0.206. The number of carbonyl (C=O) groups is 1. The molecule has 8 heteroatoms. The summed E-state index contributed by atoms with van der Waals surface area (Å²) in [5.41, 5.74) is 0.808. The molecular weight excluding hydrogens is 396 g/mol. The average Bonchev–Trinajstić information content (AvgIpc) is 3.15. The molecule has 0 aliphatic heterocycles. The van der Waals surface area contributed by atoms with Crippen LogP contribution >= 0.6 is 34.9 Å². The zero-order chi connectivity index (χ0) is 18.9. The number of amides is 1. The lowest BCUT2D eigenvalue weighted by molar-refractivity contribution is -0.113. The number of nitrogens with zero attached hydrogens (tertiary/aromatic N) is 2. The summed E-state index contributed by atoms with van der Waals surface area (Å²) < 4.78 is 0.753. The van der Waals surface area contributed by atoms with Gasteiger partial charge in [-0.25, -0.2) is 0 Å². The van der Waals surface area contributed by atoms with Gasteiger partial charge in [-0.2, -0.15) is 0 Å². The normalized spacial score (nSPS) is 10.4. The molecule has 0 saturated heterocycles. The maximum atomic E-state index is 12.4. The van der Waals surface area contributed by atoms with E-state index >= 15 is 0 Å². The van der Waals surface area contributed by atoms with Gasteiger partial charge >= 0.3 is 0 Å². The fourth-order valence-electron chi connectivity index (χ4n) is 2.09. The molecule has 0 unspecified atom stereocenters. The van der Waals surface area contributed by atoms with E-state index in [9.17, 15) is 4.79 Å². The molecule has 0 aliphatic carbocycles. The first-order valence-corrected chi connectivity index (χ1v) is 10.8. The Balaban J connectivity index is 1.56. The van der Waals surface area contributed by atoms with Crippen LogP contribution in [0.3, 0.4) is 0 Å². The Bertz CT molecular complexity index is 899. The number of rotatable bonds is 9. The number of hydrogen-bond acceptors (Lipinski definition) is 7. The Morgan fingerprint density at radius 1 is 1.11 bits per heavy atom. The van der Waals surface area contributed by atoms with Crippen LogP contribution in [0.25, 0.3) is 0 Å². The number of aromatic nitrogens is 2. The van der Waals surface area contributed by atoms with E-state index in [1.54, 1.807) is 17.8 Å². The maximum Gasteiger partial charge on any atom is 0.234 e. The van der Waals surface area contributed by atoms with Gasteiger partial charge in [0.25, 0.3) is 0 Å². The van der Waals surface area contributed by atoms with Gasteiger partial charge in [0.2, 0.25) is 11.0 Å². The van der Waals surface area contributed by atoms with Crippen LogP contribution < -0.4 is 10.6 Å². The molecule has 3 aromatic rings. The van der Waals surface area contributed by atoms with E-state index < -0.39 is 0 Å². The van der Waals surface area contributed by atoms with Crippen LogP contribution in [-0.2, 0) is 4.79 Å². The van der Waals surface area contributed by atoms with E-state index in [-0.39, 0.29) is 11.7 Å². The number of thioether (sulfide) groups is 1. The molecule has 1 heterocycles. The average molecular weight is 415 g/mol. The van der Waals surface area contributed by atoms with Crippen molar-refractivity contribution >= 4 is 51.6 Å². The molecule has 0 saturated carbocycles. The van der Waals surface area contributed by atoms with Gasteiger partial charge in [-0.3, -0.25) is 4.79 Å². The number of para-hydroxylation sites is 1. The van der Waals surface area contributed by atoms with Gasteiger partial charge in [-0.15, -0.1) is 16.8 Å². The molecule has 3 rings (SSSR count). The van der Waals surface area contributed by atoms with E-state index in [0.717, 1.165) is 24.9 Å². The van der Waals surface area contributed by atoms with Gasteiger partial charge in [-0.05, 0) is 24.3 Å². The third-order valence-corrected chi connectivity index (χ3v) is 6.36. The minimum atomic E-state index is -0.0723. The minimum absolute atomic E-state index is 0.0723. The lowest BCUT2D eigenvalue weighted by atomic mass is 10.3. The van der Waals surface area contributed by atoms with Crippen molar-refractivity contribution in [1.29, 1.82) is 0 Å². The van der Waals surface area contributed by atoms with Crippen LogP contribution in [0, 0.1) is 0 Å². The topological polar surface area (TPSA) is 66.9 Å². The molecule has 0 spiro atoms. The summed E-state index contributed by atoms with van der Waals surface area (Å²) in [6.07, 6.45) is 1.76. The van der Waals surface area contributed by atoms with E-state index in [4.69, 9.17) is 0 Å². The predicted octanol–water partition coefficient (Wildman–Crippen LogP) is 5.02. The Morgan fingerprint density at radius 2 is 1.89 bits per heavy atom. The minimum Gasteiger partial charge on any atom is -0.357 e. The standard InChI is InChI=1S/C19H18N4OS3/c1-2-12-20-18-22-23-19(27-18)25-13-17(24)21-15-10-6-7-11-16(15)26-14-8-4-3-5-9-14/h2-11H,1,12-13H2,(H,20,22)(H,21,24). The van der Waals surface area contributed by atoms with Gasteiger partial charge in [0, 0.05) is 16.3 Å². The summed E-state index contributed by atoms with van der Waals surface area (Å²) >= 11 is 4.42. The molecule has 0 fully saturated rings. The Hall–Kier alpha value is -2.29. The van der Waals surface area contributed by atoms with E-state index in [2.05, 4.69) is 27.4 Å². The molecule has 0 radical (unpaired) electrons. The van der Waals surface area contributed by atoms with Gasteiger partial charge in [0.1, 0.15) is 0 Å².